The molecular weight excluding hydrogens is 610 g/mol. The van der Waals surface area contributed by atoms with Crippen LogP contribution in [-0.2, 0) is 37.0 Å². The minimum absolute atomic E-state index is 0.0262. The molecule has 4 unspecified atom stereocenters. The number of nitrogens with zero attached hydrogens (tertiary/aromatic N) is 2. The Hall–Kier alpha value is -4.35. The molecule has 0 radical (unpaired) electrons. The van der Waals surface area contributed by atoms with Gasteiger partial charge in [-0.2, -0.15) is 0 Å². The van der Waals surface area contributed by atoms with Crippen LogP contribution in [-0.4, -0.2) is 59.2 Å². The first kappa shape index (κ1) is 33.5. The lowest BCUT2D eigenvalue weighted by Gasteiger charge is -2.39. The Morgan fingerprint density at radius 3 is 2.35 bits per heavy atom. The Balaban J connectivity index is 1.14. The number of alkyl carbamates (subject to hydrolysis) is 1. The molecule has 2 saturated heterocycles. The van der Waals surface area contributed by atoms with Gasteiger partial charge in [-0.25, -0.2) is 9.69 Å². The van der Waals surface area contributed by atoms with Crippen molar-refractivity contribution in [3.05, 3.63) is 114 Å². The molecule has 2 N–H and O–H groups in total. The van der Waals surface area contributed by atoms with Crippen LogP contribution in [0.5, 0.6) is 0 Å². The summed E-state index contributed by atoms with van der Waals surface area (Å²) in [6, 6.07) is 23.5. The summed E-state index contributed by atoms with van der Waals surface area (Å²) in [5, 5.41) is 12.1. The first-order chi connectivity index (χ1) is 23.4. The Morgan fingerprint density at radius 1 is 0.958 bits per heavy atom. The molecule has 2 heterocycles. The van der Waals surface area contributed by atoms with Gasteiger partial charge in [0.1, 0.15) is 12.6 Å². The van der Waals surface area contributed by atoms with Gasteiger partial charge in [0, 0.05) is 31.1 Å². The van der Waals surface area contributed by atoms with Crippen LogP contribution in [0, 0.1) is 0 Å². The van der Waals surface area contributed by atoms with Crippen molar-refractivity contribution >= 4 is 23.6 Å². The lowest BCUT2D eigenvalue weighted by atomic mass is 9.99. The maximum atomic E-state index is 13.2. The molecule has 2 aliphatic heterocycles. The number of carbonyl (C=O) groups excluding carboxylic acids is 3. The van der Waals surface area contributed by atoms with Gasteiger partial charge in [0.15, 0.2) is 6.29 Å². The van der Waals surface area contributed by atoms with E-state index in [-0.39, 0.29) is 31.8 Å². The van der Waals surface area contributed by atoms with Gasteiger partial charge in [0.2, 0.25) is 5.91 Å². The zero-order chi connectivity index (χ0) is 33.5. The van der Waals surface area contributed by atoms with Gasteiger partial charge in [-0.3, -0.25) is 14.5 Å². The topological polar surface area (TPSA) is 118 Å². The minimum atomic E-state index is -1.01. The third kappa shape index (κ3) is 8.02. The number of imide groups is 1. The third-order valence-electron chi connectivity index (χ3n) is 9.33. The van der Waals surface area contributed by atoms with Gasteiger partial charge >= 0.3 is 6.09 Å². The fraction of sp³-hybridized carbons (Fsp3) is 0.395. The Bertz CT molecular complexity index is 1560. The van der Waals surface area contributed by atoms with Crippen molar-refractivity contribution in [2.75, 3.05) is 18.0 Å². The van der Waals surface area contributed by atoms with Crippen LogP contribution in [0.4, 0.5) is 10.5 Å². The smallest absolute Gasteiger partial charge is 0.408 e. The highest BCUT2D eigenvalue weighted by molar-refractivity contribution is 6.22. The fourth-order valence-electron chi connectivity index (χ4n) is 6.81. The molecule has 10 heteroatoms. The summed E-state index contributed by atoms with van der Waals surface area (Å²) >= 11 is 0. The highest BCUT2D eigenvalue weighted by atomic mass is 16.7. The van der Waals surface area contributed by atoms with Crippen molar-refractivity contribution in [1.82, 2.24) is 10.2 Å². The van der Waals surface area contributed by atoms with E-state index in [4.69, 9.17) is 14.2 Å². The maximum Gasteiger partial charge on any atom is 0.408 e. The summed E-state index contributed by atoms with van der Waals surface area (Å²) in [6.07, 6.45) is 5.51. The van der Waals surface area contributed by atoms with Crippen molar-refractivity contribution in [2.45, 2.75) is 82.3 Å². The number of benzene rings is 3. The number of rotatable bonds is 12. The highest BCUT2D eigenvalue weighted by Gasteiger charge is 2.41. The van der Waals surface area contributed by atoms with Crippen LogP contribution >= 0.6 is 0 Å². The zero-order valence-electron chi connectivity index (χ0n) is 27.0. The second kappa shape index (κ2) is 15.7. The third-order valence-corrected chi connectivity index (χ3v) is 9.33. The van der Waals surface area contributed by atoms with Gasteiger partial charge in [0.25, 0.3) is 5.91 Å². The normalized spacial score (nSPS) is 23.1. The number of hydrogen-bond donors (Lipinski definition) is 2. The second-order valence-corrected chi connectivity index (χ2v) is 12.7. The van der Waals surface area contributed by atoms with E-state index >= 15 is 0 Å². The van der Waals surface area contributed by atoms with Crippen molar-refractivity contribution in [1.29, 1.82) is 0 Å². The molecule has 4 atom stereocenters. The SMILES string of the molecule is C=CCN(CC1CC(c2ccc(CO)cc2)OC(c2ccc(N3C(=O)CC(NC(=O)OCc4ccccc4)C3=O)cc2)O1)C1CCCC1. The molecule has 3 fully saturated rings. The molecule has 3 aromatic carbocycles. The standard InChI is InChI=1S/C38H43N3O7/c1-2-20-40(30-10-6-7-11-30)23-32-21-34(28-14-12-26(24-42)13-15-28)48-37(47-32)29-16-18-31(19-17-29)41-35(43)22-33(36(41)44)39-38(45)46-25-27-8-4-3-5-9-27/h2-5,8-9,12-19,30,32-34,37,42H,1,6-7,10-11,20-25H2,(H,39,45). The average molecular weight is 654 g/mol. The first-order valence-electron chi connectivity index (χ1n) is 16.7. The van der Waals surface area contributed by atoms with Gasteiger partial charge in [0.05, 0.1) is 30.9 Å². The number of aliphatic hydroxyl groups is 1. The molecule has 1 saturated carbocycles. The molecule has 3 amide bonds. The van der Waals surface area contributed by atoms with Crippen LogP contribution < -0.4 is 10.2 Å². The van der Waals surface area contributed by atoms with Crippen molar-refractivity contribution < 1.29 is 33.7 Å². The van der Waals surface area contributed by atoms with E-state index < -0.39 is 30.2 Å². The summed E-state index contributed by atoms with van der Waals surface area (Å²) in [4.78, 5) is 42.1. The minimum Gasteiger partial charge on any atom is -0.445 e. The highest BCUT2D eigenvalue weighted by Crippen LogP contribution is 2.39. The van der Waals surface area contributed by atoms with E-state index in [0.29, 0.717) is 18.2 Å². The summed E-state index contributed by atoms with van der Waals surface area (Å²) < 4.78 is 18.3. The molecule has 3 aromatic rings. The van der Waals surface area contributed by atoms with Gasteiger partial charge in [-0.05, 0) is 41.7 Å². The van der Waals surface area contributed by atoms with Crippen molar-refractivity contribution in [2.24, 2.45) is 0 Å². The molecule has 0 spiro atoms. The molecule has 1 aliphatic carbocycles. The van der Waals surface area contributed by atoms with Crippen LogP contribution in [0.1, 0.15) is 73.2 Å². The summed E-state index contributed by atoms with van der Waals surface area (Å²) in [7, 11) is 0. The van der Waals surface area contributed by atoms with Crippen LogP contribution in [0.15, 0.2) is 91.5 Å². The number of hydrogen-bond acceptors (Lipinski definition) is 8. The molecule has 252 valence electrons. The number of amides is 3. The van der Waals surface area contributed by atoms with Crippen LogP contribution in [0.2, 0.25) is 0 Å². The molecular formula is C38H43N3O7. The maximum absolute atomic E-state index is 13.2. The van der Waals surface area contributed by atoms with Crippen LogP contribution in [0.3, 0.4) is 0 Å². The van der Waals surface area contributed by atoms with E-state index in [9.17, 15) is 19.5 Å². The molecule has 10 nitrogen and oxygen atoms in total. The summed E-state index contributed by atoms with van der Waals surface area (Å²) in [5.41, 5.74) is 3.81. The number of anilines is 1. The van der Waals surface area contributed by atoms with Gasteiger partial charge in [-0.15, -0.1) is 6.58 Å². The summed E-state index contributed by atoms with van der Waals surface area (Å²) in [6.45, 7) is 5.56. The quantitative estimate of drug-likeness (QED) is 0.189. The van der Waals surface area contributed by atoms with Crippen LogP contribution in [0.25, 0.3) is 0 Å². The molecule has 48 heavy (non-hydrogen) atoms. The Labute approximate surface area is 281 Å². The van der Waals surface area contributed by atoms with Gasteiger partial charge in [-0.1, -0.05) is 85.6 Å². The van der Waals surface area contributed by atoms with E-state index in [2.05, 4.69) is 16.8 Å². The zero-order valence-corrected chi connectivity index (χ0v) is 27.0. The van der Waals surface area contributed by atoms with E-state index in [0.717, 1.165) is 40.2 Å². The molecule has 0 bridgehead atoms. The Kier molecular flexibility index (Phi) is 11.0. The monoisotopic (exact) mass is 653 g/mol. The van der Waals surface area contributed by atoms with E-state index in [1.54, 1.807) is 12.1 Å². The average Bonchev–Trinajstić information content (AvgIpc) is 3.75. The van der Waals surface area contributed by atoms with Crippen molar-refractivity contribution in [3.8, 4) is 0 Å². The molecule has 0 aromatic heterocycles. The second-order valence-electron chi connectivity index (χ2n) is 12.7. The number of ether oxygens (including phenoxy) is 3. The predicted octanol–water partition coefficient (Wildman–Crippen LogP) is 5.71. The largest absolute Gasteiger partial charge is 0.445 e. The van der Waals surface area contributed by atoms with Gasteiger partial charge < -0.3 is 24.6 Å². The molecule has 3 aliphatic rings. The predicted molar refractivity (Wildman–Crippen MR) is 180 cm³/mol. The summed E-state index contributed by atoms with van der Waals surface area (Å²) in [5.74, 6) is -0.929. The molecule has 6 rings (SSSR count). The van der Waals surface area contributed by atoms with Crippen molar-refractivity contribution in [3.63, 3.8) is 0 Å². The number of nitrogens with one attached hydrogen (secondary N) is 1. The number of carbonyl (C=O) groups is 3. The van der Waals surface area contributed by atoms with E-state index in [1.165, 1.54) is 25.7 Å². The van der Waals surface area contributed by atoms with E-state index in [1.807, 2.05) is 72.8 Å². The fourth-order valence-corrected chi connectivity index (χ4v) is 6.81. The lowest BCUT2D eigenvalue weighted by molar-refractivity contribution is -0.253. The number of aliphatic hydroxyl groups excluding tert-OH is 1. The Morgan fingerprint density at radius 2 is 1.67 bits per heavy atom. The lowest BCUT2D eigenvalue weighted by Crippen LogP contribution is -2.43. The first-order valence-corrected chi connectivity index (χ1v) is 16.7.